The zero-order valence-electron chi connectivity index (χ0n) is 10.8. The van der Waals surface area contributed by atoms with Crippen LogP contribution in [0.3, 0.4) is 0 Å². The van der Waals surface area contributed by atoms with Gasteiger partial charge in [-0.05, 0) is 31.7 Å². The van der Waals surface area contributed by atoms with Gasteiger partial charge in [-0.3, -0.25) is 10.1 Å². The minimum Gasteiger partial charge on any atom is -0.398 e. The highest BCUT2D eigenvalue weighted by Crippen LogP contribution is 2.31. The smallest absolute Gasteiger partial charge is 0.273 e. The maximum absolute atomic E-state index is 10.9. The van der Waals surface area contributed by atoms with Crippen molar-refractivity contribution in [3.63, 3.8) is 0 Å². The van der Waals surface area contributed by atoms with Gasteiger partial charge < -0.3 is 10.6 Å². The number of piperidine rings is 1. The average molecular weight is 249 g/mol. The van der Waals surface area contributed by atoms with E-state index in [1.807, 2.05) is 6.07 Å². The number of anilines is 2. The van der Waals surface area contributed by atoms with Gasteiger partial charge in [-0.1, -0.05) is 6.92 Å². The van der Waals surface area contributed by atoms with Crippen molar-refractivity contribution in [1.82, 2.24) is 0 Å². The van der Waals surface area contributed by atoms with Gasteiger partial charge in [-0.2, -0.15) is 0 Å². The van der Waals surface area contributed by atoms with Crippen molar-refractivity contribution in [2.24, 2.45) is 5.92 Å². The van der Waals surface area contributed by atoms with Gasteiger partial charge in [-0.25, -0.2) is 0 Å². The Morgan fingerprint density at radius 3 is 2.72 bits per heavy atom. The van der Waals surface area contributed by atoms with Crippen LogP contribution in [0.15, 0.2) is 18.2 Å². The first-order valence-electron chi connectivity index (χ1n) is 6.29. The van der Waals surface area contributed by atoms with E-state index in [1.54, 1.807) is 6.07 Å². The quantitative estimate of drug-likeness (QED) is 0.497. The Bertz CT molecular complexity index is 462. The average Bonchev–Trinajstić information content (AvgIpc) is 2.31. The van der Waals surface area contributed by atoms with Gasteiger partial charge in [0.2, 0.25) is 0 Å². The predicted molar refractivity (Wildman–Crippen MR) is 72.7 cm³/mol. The third-order valence-electron chi connectivity index (χ3n) is 3.59. The van der Waals surface area contributed by atoms with Crippen molar-refractivity contribution in [3.05, 3.63) is 28.3 Å². The first-order valence-corrected chi connectivity index (χ1v) is 6.29. The summed E-state index contributed by atoms with van der Waals surface area (Å²) in [5.41, 5.74) is 7.13. The summed E-state index contributed by atoms with van der Waals surface area (Å²) in [6, 6.07) is 5.25. The molecular weight excluding hydrogens is 230 g/mol. The van der Waals surface area contributed by atoms with Gasteiger partial charge in [0.25, 0.3) is 5.69 Å². The molecule has 1 saturated heterocycles. The Labute approximate surface area is 107 Å². The molecule has 2 atom stereocenters. The van der Waals surface area contributed by atoms with Crippen LogP contribution >= 0.6 is 0 Å². The molecule has 0 aliphatic carbocycles. The topological polar surface area (TPSA) is 72.4 Å². The monoisotopic (exact) mass is 249 g/mol. The van der Waals surface area contributed by atoms with E-state index in [0.29, 0.717) is 17.6 Å². The van der Waals surface area contributed by atoms with E-state index >= 15 is 0 Å². The number of rotatable bonds is 2. The molecule has 0 spiro atoms. The first kappa shape index (κ1) is 12.7. The number of nitro benzene ring substituents is 1. The number of benzene rings is 1. The van der Waals surface area contributed by atoms with E-state index in [-0.39, 0.29) is 5.69 Å². The minimum absolute atomic E-state index is 0.0652. The third-order valence-corrected chi connectivity index (χ3v) is 3.59. The van der Waals surface area contributed by atoms with Crippen molar-refractivity contribution in [2.75, 3.05) is 17.2 Å². The lowest BCUT2D eigenvalue weighted by atomic mass is 9.94. The summed E-state index contributed by atoms with van der Waals surface area (Å²) in [5.74, 6) is 0.613. The lowest BCUT2D eigenvalue weighted by Crippen LogP contribution is -2.41. The van der Waals surface area contributed by atoms with Crippen molar-refractivity contribution in [1.29, 1.82) is 0 Å². The summed E-state index contributed by atoms with van der Waals surface area (Å²) in [6.07, 6.45) is 2.33. The van der Waals surface area contributed by atoms with E-state index in [0.717, 1.165) is 18.7 Å². The van der Waals surface area contributed by atoms with Crippen molar-refractivity contribution < 1.29 is 4.92 Å². The molecule has 18 heavy (non-hydrogen) atoms. The van der Waals surface area contributed by atoms with E-state index in [2.05, 4.69) is 18.7 Å². The number of hydrogen-bond acceptors (Lipinski definition) is 4. The molecule has 5 heteroatoms. The van der Waals surface area contributed by atoms with Gasteiger partial charge in [0.15, 0.2) is 0 Å². The number of nitro groups is 1. The van der Waals surface area contributed by atoms with Gasteiger partial charge in [0, 0.05) is 36.1 Å². The molecule has 0 saturated carbocycles. The van der Waals surface area contributed by atoms with Crippen molar-refractivity contribution in [3.8, 4) is 0 Å². The number of hydrogen-bond donors (Lipinski definition) is 1. The highest BCUT2D eigenvalue weighted by molar-refractivity contribution is 5.63. The van der Waals surface area contributed by atoms with E-state index in [9.17, 15) is 10.1 Å². The fourth-order valence-corrected chi connectivity index (χ4v) is 2.54. The fourth-order valence-electron chi connectivity index (χ4n) is 2.54. The lowest BCUT2D eigenvalue weighted by Gasteiger charge is -2.38. The Hall–Kier alpha value is -1.78. The summed E-state index contributed by atoms with van der Waals surface area (Å²) in [7, 11) is 0. The van der Waals surface area contributed by atoms with E-state index in [1.165, 1.54) is 12.5 Å². The van der Waals surface area contributed by atoms with E-state index in [4.69, 9.17) is 5.73 Å². The van der Waals surface area contributed by atoms with Gasteiger partial charge in [0.1, 0.15) is 0 Å². The van der Waals surface area contributed by atoms with Gasteiger partial charge in [-0.15, -0.1) is 0 Å². The zero-order valence-corrected chi connectivity index (χ0v) is 10.8. The summed E-state index contributed by atoms with van der Waals surface area (Å²) in [6.45, 7) is 5.29. The third kappa shape index (κ3) is 2.55. The molecule has 1 fully saturated rings. The first-order chi connectivity index (χ1) is 8.47. The minimum atomic E-state index is -0.391. The molecule has 0 bridgehead atoms. The molecule has 5 nitrogen and oxygen atoms in total. The number of nitrogens with two attached hydrogens (primary N) is 1. The highest BCUT2D eigenvalue weighted by Gasteiger charge is 2.24. The van der Waals surface area contributed by atoms with Crippen LogP contribution in [0.5, 0.6) is 0 Å². The van der Waals surface area contributed by atoms with Crippen LogP contribution in [0.1, 0.15) is 26.7 Å². The normalized spacial score (nSPS) is 24.0. The molecule has 2 unspecified atom stereocenters. The summed E-state index contributed by atoms with van der Waals surface area (Å²) < 4.78 is 0. The number of non-ortho nitro benzene ring substituents is 1. The second-order valence-electron chi connectivity index (χ2n) is 5.22. The van der Waals surface area contributed by atoms with Crippen molar-refractivity contribution >= 4 is 17.1 Å². The summed E-state index contributed by atoms with van der Waals surface area (Å²) in [5, 5.41) is 10.9. The maximum Gasteiger partial charge on any atom is 0.273 e. The molecule has 98 valence electrons. The van der Waals surface area contributed by atoms with Gasteiger partial charge in [0.05, 0.1) is 4.92 Å². The lowest BCUT2D eigenvalue weighted by molar-refractivity contribution is -0.384. The zero-order chi connectivity index (χ0) is 13.3. The van der Waals surface area contributed by atoms with Gasteiger partial charge >= 0.3 is 0 Å². The van der Waals surface area contributed by atoms with Crippen LogP contribution in [0.4, 0.5) is 17.1 Å². The molecule has 2 rings (SSSR count). The summed E-state index contributed by atoms with van der Waals surface area (Å²) in [4.78, 5) is 12.7. The van der Waals surface area contributed by atoms with Crippen LogP contribution in [0, 0.1) is 16.0 Å². The van der Waals surface area contributed by atoms with E-state index < -0.39 is 4.92 Å². The van der Waals surface area contributed by atoms with Crippen molar-refractivity contribution in [2.45, 2.75) is 32.7 Å². The van der Waals surface area contributed by atoms with Crippen LogP contribution in [-0.2, 0) is 0 Å². The molecule has 0 aromatic heterocycles. The maximum atomic E-state index is 10.9. The molecule has 1 heterocycles. The molecular formula is C13H19N3O2. The molecule has 1 aliphatic heterocycles. The van der Waals surface area contributed by atoms with Crippen LogP contribution in [0.2, 0.25) is 0 Å². The Morgan fingerprint density at radius 2 is 2.06 bits per heavy atom. The predicted octanol–water partition coefficient (Wildman–Crippen LogP) is 2.80. The second kappa shape index (κ2) is 4.84. The number of nitrogens with zero attached hydrogens (tertiary/aromatic N) is 2. The Morgan fingerprint density at radius 1 is 1.33 bits per heavy atom. The molecule has 0 radical (unpaired) electrons. The standard InChI is InChI=1S/C13H19N3O2/c1-9-3-4-10(2)15(8-9)12-5-11(14)6-13(7-12)16(17)18/h5-7,9-10H,3-4,8,14H2,1-2H3. The molecule has 1 aliphatic rings. The van der Waals surface area contributed by atoms with Crippen LogP contribution in [-0.4, -0.2) is 17.5 Å². The SMILES string of the molecule is CC1CCC(C)N(c2cc(N)cc([N+](=O)[O-])c2)C1. The van der Waals surface area contributed by atoms with Crippen LogP contribution < -0.4 is 10.6 Å². The Balaban J connectivity index is 2.34. The highest BCUT2D eigenvalue weighted by atomic mass is 16.6. The molecule has 1 aromatic rings. The molecule has 1 aromatic carbocycles. The molecule has 0 amide bonds. The van der Waals surface area contributed by atoms with Crippen LogP contribution in [0.25, 0.3) is 0 Å². The second-order valence-corrected chi connectivity index (χ2v) is 5.22. The Kier molecular flexibility index (Phi) is 3.41. The molecule has 2 N–H and O–H groups in total. The number of nitrogen functional groups attached to an aromatic ring is 1. The summed E-state index contributed by atoms with van der Waals surface area (Å²) >= 11 is 0. The fraction of sp³-hybridized carbons (Fsp3) is 0.538. The largest absolute Gasteiger partial charge is 0.398 e.